The predicted octanol–water partition coefficient (Wildman–Crippen LogP) is 1.50. The van der Waals surface area contributed by atoms with Crippen molar-refractivity contribution in [3.63, 3.8) is 0 Å². The minimum Gasteiger partial charge on any atom is -0.392 e. The van der Waals surface area contributed by atoms with Gasteiger partial charge in [0.05, 0.1) is 11.5 Å². The van der Waals surface area contributed by atoms with Gasteiger partial charge in [-0.1, -0.05) is 24.3 Å². The molecule has 1 fully saturated rings. The molecule has 1 saturated heterocycles. The van der Waals surface area contributed by atoms with Gasteiger partial charge < -0.3 is 5.11 Å². The summed E-state index contributed by atoms with van der Waals surface area (Å²) in [4.78, 5) is 22.6. The molecule has 1 aliphatic heterocycles. The Morgan fingerprint density at radius 3 is 2.44 bits per heavy atom. The molecule has 0 aromatic heterocycles. The van der Waals surface area contributed by atoms with Crippen LogP contribution in [0, 0.1) is 0 Å². The summed E-state index contributed by atoms with van der Waals surface area (Å²) in [5.41, 5.74) is 1.63. The van der Waals surface area contributed by atoms with Gasteiger partial charge in [-0.3, -0.25) is 14.9 Å². The van der Waals surface area contributed by atoms with Gasteiger partial charge in [-0.15, -0.1) is 0 Å². The topological polar surface area (TPSA) is 66.4 Å². The first-order valence-electron chi connectivity index (χ1n) is 4.63. The molecule has 1 aromatic carbocycles. The van der Waals surface area contributed by atoms with E-state index in [0.717, 1.165) is 22.9 Å². The van der Waals surface area contributed by atoms with Crippen molar-refractivity contribution in [2.24, 2.45) is 0 Å². The zero-order chi connectivity index (χ0) is 11.5. The number of carbonyl (C=O) groups excluding carboxylic acids is 2. The van der Waals surface area contributed by atoms with Crippen LogP contribution in [0.1, 0.15) is 11.1 Å². The highest BCUT2D eigenvalue weighted by atomic mass is 32.2. The summed E-state index contributed by atoms with van der Waals surface area (Å²) in [5, 5.41) is 10.7. The molecule has 0 saturated carbocycles. The molecule has 1 heterocycles. The Balaban J connectivity index is 2.22. The van der Waals surface area contributed by atoms with E-state index < -0.39 is 0 Å². The molecule has 16 heavy (non-hydrogen) atoms. The first-order valence-corrected chi connectivity index (χ1v) is 5.45. The van der Waals surface area contributed by atoms with E-state index in [9.17, 15) is 9.59 Å². The number of aliphatic hydroxyl groups is 1. The number of imide groups is 1. The second-order valence-electron chi connectivity index (χ2n) is 3.25. The molecule has 2 rings (SSSR count). The van der Waals surface area contributed by atoms with Gasteiger partial charge in [-0.2, -0.15) is 0 Å². The van der Waals surface area contributed by atoms with Crippen molar-refractivity contribution in [2.45, 2.75) is 6.61 Å². The van der Waals surface area contributed by atoms with E-state index in [2.05, 4.69) is 5.32 Å². The Bertz CT molecular complexity index is 465. The normalized spacial score (nSPS) is 17.9. The number of aliphatic hydroxyl groups excluding tert-OH is 1. The van der Waals surface area contributed by atoms with Gasteiger partial charge in [-0.05, 0) is 29.0 Å². The minimum absolute atomic E-state index is 0.00935. The molecule has 0 bridgehead atoms. The molecule has 2 N–H and O–H groups in total. The average Bonchev–Trinajstić information content (AvgIpc) is 2.59. The highest BCUT2D eigenvalue weighted by Crippen LogP contribution is 2.25. The summed E-state index contributed by atoms with van der Waals surface area (Å²) in [6.07, 6.45) is 1.64. The fourth-order valence-corrected chi connectivity index (χ4v) is 1.97. The maximum atomic E-state index is 11.3. The third kappa shape index (κ3) is 2.32. The van der Waals surface area contributed by atoms with Gasteiger partial charge in [-0.25, -0.2) is 0 Å². The molecule has 0 spiro atoms. The van der Waals surface area contributed by atoms with Gasteiger partial charge in [0, 0.05) is 0 Å². The number of thioether (sulfide) groups is 1. The van der Waals surface area contributed by atoms with Crippen molar-refractivity contribution in [3.05, 3.63) is 40.3 Å². The number of nitrogens with one attached hydrogen (secondary N) is 1. The molecule has 0 aliphatic carbocycles. The van der Waals surface area contributed by atoms with Crippen LogP contribution in [-0.4, -0.2) is 16.3 Å². The number of carbonyl (C=O) groups is 2. The quantitative estimate of drug-likeness (QED) is 0.762. The number of amides is 2. The fraction of sp³-hybridized carbons (Fsp3) is 0.0909. The third-order valence-electron chi connectivity index (χ3n) is 2.10. The van der Waals surface area contributed by atoms with Crippen LogP contribution in [0.4, 0.5) is 4.79 Å². The van der Waals surface area contributed by atoms with Gasteiger partial charge in [0.15, 0.2) is 0 Å². The number of hydrogen-bond donors (Lipinski definition) is 2. The number of benzene rings is 1. The Labute approximate surface area is 96.4 Å². The number of hydrogen-bond acceptors (Lipinski definition) is 4. The number of rotatable bonds is 2. The Hall–Kier alpha value is -1.59. The van der Waals surface area contributed by atoms with Crippen LogP contribution < -0.4 is 5.32 Å². The summed E-state index contributed by atoms with van der Waals surface area (Å²) < 4.78 is 0. The third-order valence-corrected chi connectivity index (χ3v) is 2.91. The molecule has 0 radical (unpaired) electrons. The van der Waals surface area contributed by atoms with Crippen LogP contribution in [0.25, 0.3) is 6.08 Å². The lowest BCUT2D eigenvalue weighted by molar-refractivity contribution is -0.115. The molecule has 0 atom stereocenters. The second kappa shape index (κ2) is 4.51. The lowest BCUT2D eigenvalue weighted by Gasteiger charge is -1.97. The van der Waals surface area contributed by atoms with Crippen LogP contribution >= 0.6 is 11.8 Å². The van der Waals surface area contributed by atoms with E-state index in [1.54, 1.807) is 30.3 Å². The molecule has 1 aromatic rings. The first-order chi connectivity index (χ1) is 7.69. The van der Waals surface area contributed by atoms with E-state index in [1.165, 1.54) is 0 Å². The molecule has 5 heteroatoms. The summed E-state index contributed by atoms with van der Waals surface area (Å²) >= 11 is 0.891. The highest BCUT2D eigenvalue weighted by molar-refractivity contribution is 8.18. The standard InChI is InChI=1S/C11H9NO3S/c13-6-8-3-1-7(2-4-8)5-9-10(14)12-11(15)16-9/h1-5,13H,6H2,(H,12,14,15)/b9-5-. The second-order valence-corrected chi connectivity index (χ2v) is 4.27. The Morgan fingerprint density at radius 2 is 1.94 bits per heavy atom. The molecule has 2 amide bonds. The molecule has 4 nitrogen and oxygen atoms in total. The fourth-order valence-electron chi connectivity index (χ4n) is 1.29. The lowest BCUT2D eigenvalue weighted by atomic mass is 10.1. The average molecular weight is 235 g/mol. The SMILES string of the molecule is O=C1NC(=O)/C(=C/c2ccc(CO)cc2)S1. The van der Waals surface area contributed by atoms with Crippen LogP contribution in [0.2, 0.25) is 0 Å². The van der Waals surface area contributed by atoms with Gasteiger partial charge in [0.1, 0.15) is 0 Å². The molecular formula is C11H9NO3S. The smallest absolute Gasteiger partial charge is 0.290 e. The minimum atomic E-state index is -0.360. The summed E-state index contributed by atoms with van der Waals surface area (Å²) in [6.45, 7) is -0.00935. The van der Waals surface area contributed by atoms with E-state index in [0.29, 0.717) is 4.91 Å². The van der Waals surface area contributed by atoms with Crippen molar-refractivity contribution < 1.29 is 14.7 Å². The Morgan fingerprint density at radius 1 is 1.25 bits per heavy atom. The first kappa shape index (κ1) is 10.9. The van der Waals surface area contributed by atoms with Crippen molar-refractivity contribution in [1.29, 1.82) is 0 Å². The molecule has 0 unspecified atom stereocenters. The van der Waals surface area contributed by atoms with Crippen molar-refractivity contribution in [3.8, 4) is 0 Å². The molecular weight excluding hydrogens is 226 g/mol. The van der Waals surface area contributed by atoms with Crippen LogP contribution in [-0.2, 0) is 11.4 Å². The van der Waals surface area contributed by atoms with E-state index in [4.69, 9.17) is 5.11 Å². The van der Waals surface area contributed by atoms with E-state index >= 15 is 0 Å². The van der Waals surface area contributed by atoms with Gasteiger partial charge in [0.25, 0.3) is 11.1 Å². The van der Waals surface area contributed by atoms with E-state index in [1.807, 2.05) is 0 Å². The summed E-state index contributed by atoms with van der Waals surface area (Å²) in [5.74, 6) is -0.360. The zero-order valence-corrected chi connectivity index (χ0v) is 9.08. The molecule has 82 valence electrons. The monoisotopic (exact) mass is 235 g/mol. The maximum absolute atomic E-state index is 11.3. The van der Waals surface area contributed by atoms with Gasteiger partial charge in [0.2, 0.25) is 0 Å². The van der Waals surface area contributed by atoms with Crippen molar-refractivity contribution in [2.75, 3.05) is 0 Å². The Kier molecular flexibility index (Phi) is 3.07. The van der Waals surface area contributed by atoms with Crippen LogP contribution in [0.3, 0.4) is 0 Å². The maximum Gasteiger partial charge on any atom is 0.290 e. The zero-order valence-electron chi connectivity index (χ0n) is 8.27. The molecule has 1 aliphatic rings. The van der Waals surface area contributed by atoms with Crippen molar-refractivity contribution in [1.82, 2.24) is 5.32 Å². The largest absolute Gasteiger partial charge is 0.392 e. The summed E-state index contributed by atoms with van der Waals surface area (Å²) in [6, 6.07) is 7.11. The van der Waals surface area contributed by atoms with Crippen LogP contribution in [0.5, 0.6) is 0 Å². The van der Waals surface area contributed by atoms with Crippen molar-refractivity contribution >= 4 is 29.0 Å². The van der Waals surface area contributed by atoms with Gasteiger partial charge >= 0.3 is 0 Å². The van der Waals surface area contributed by atoms with Crippen LogP contribution in [0.15, 0.2) is 29.2 Å². The lowest BCUT2D eigenvalue weighted by Crippen LogP contribution is -2.17. The summed E-state index contributed by atoms with van der Waals surface area (Å²) in [7, 11) is 0. The predicted molar refractivity (Wildman–Crippen MR) is 61.5 cm³/mol. The van der Waals surface area contributed by atoms with E-state index in [-0.39, 0.29) is 17.8 Å². The highest BCUT2D eigenvalue weighted by Gasteiger charge is 2.24.